The fraction of sp³-hybridized carbons (Fsp3) is 0.308. The Kier molecular flexibility index (Phi) is 2.37. The highest BCUT2D eigenvalue weighted by Gasteiger charge is 2.28. The first-order valence-corrected chi connectivity index (χ1v) is 6.11. The number of nitrogens with one attached hydrogen (secondary N) is 1. The van der Waals surface area contributed by atoms with E-state index >= 15 is 0 Å². The minimum absolute atomic E-state index is 0.0405. The maximum Gasteiger partial charge on any atom is 0.264 e. The Hall–Kier alpha value is -1.48. The molecule has 17 heavy (non-hydrogen) atoms. The standard InChI is InChI=1S/C13H13ClN2O/c1-8-6-10(14)4-5-11(8)16-12(9-2-3-9)7-13(17)15-16/h4-7,9H,2-3H2,1H3,(H,15,17). The maximum absolute atomic E-state index is 11.5. The van der Waals surface area contributed by atoms with Gasteiger partial charge in [-0.15, -0.1) is 0 Å². The molecule has 3 rings (SSSR count). The second kappa shape index (κ2) is 3.77. The van der Waals surface area contributed by atoms with Crippen molar-refractivity contribution in [3.05, 3.63) is 50.9 Å². The van der Waals surface area contributed by atoms with E-state index in [4.69, 9.17) is 11.6 Å². The van der Waals surface area contributed by atoms with Crippen molar-refractivity contribution >= 4 is 11.6 Å². The minimum Gasteiger partial charge on any atom is -0.268 e. The minimum atomic E-state index is -0.0405. The molecule has 4 heteroatoms. The maximum atomic E-state index is 11.5. The molecule has 0 spiro atoms. The van der Waals surface area contributed by atoms with E-state index in [-0.39, 0.29) is 5.56 Å². The summed E-state index contributed by atoms with van der Waals surface area (Å²) in [5.41, 5.74) is 3.10. The highest BCUT2D eigenvalue weighted by Crippen LogP contribution is 2.40. The summed E-state index contributed by atoms with van der Waals surface area (Å²) in [4.78, 5) is 11.5. The van der Waals surface area contributed by atoms with E-state index in [2.05, 4.69) is 5.10 Å². The van der Waals surface area contributed by atoms with Crippen LogP contribution in [0.25, 0.3) is 5.69 Å². The highest BCUT2D eigenvalue weighted by molar-refractivity contribution is 6.30. The van der Waals surface area contributed by atoms with Gasteiger partial charge in [-0.3, -0.25) is 14.6 Å². The molecule has 0 aliphatic heterocycles. The molecule has 1 aliphatic rings. The molecule has 0 saturated heterocycles. The van der Waals surface area contributed by atoms with Crippen LogP contribution in [0, 0.1) is 6.92 Å². The van der Waals surface area contributed by atoms with Crippen LogP contribution in [0.3, 0.4) is 0 Å². The lowest BCUT2D eigenvalue weighted by molar-refractivity contribution is 0.795. The zero-order valence-corrected chi connectivity index (χ0v) is 10.3. The number of benzene rings is 1. The molecular formula is C13H13ClN2O. The normalized spacial score (nSPS) is 15.2. The topological polar surface area (TPSA) is 37.8 Å². The number of hydrogen-bond donors (Lipinski definition) is 1. The Morgan fingerprint density at radius 1 is 1.35 bits per heavy atom. The van der Waals surface area contributed by atoms with Crippen LogP contribution in [0.4, 0.5) is 0 Å². The van der Waals surface area contributed by atoms with E-state index in [0.717, 1.165) is 16.9 Å². The van der Waals surface area contributed by atoms with Crippen molar-refractivity contribution in [2.24, 2.45) is 0 Å². The molecule has 0 atom stereocenters. The van der Waals surface area contributed by atoms with Crippen molar-refractivity contribution in [2.45, 2.75) is 25.7 Å². The summed E-state index contributed by atoms with van der Waals surface area (Å²) in [6.45, 7) is 2.00. The molecule has 1 heterocycles. The largest absolute Gasteiger partial charge is 0.268 e. The number of hydrogen-bond acceptors (Lipinski definition) is 1. The van der Waals surface area contributed by atoms with Crippen molar-refractivity contribution < 1.29 is 0 Å². The van der Waals surface area contributed by atoms with Gasteiger partial charge in [-0.1, -0.05) is 11.6 Å². The number of aromatic nitrogens is 2. The molecule has 0 amide bonds. The van der Waals surface area contributed by atoms with E-state index in [0.29, 0.717) is 10.9 Å². The molecule has 1 saturated carbocycles. The SMILES string of the molecule is Cc1cc(Cl)ccc1-n1[nH]c(=O)cc1C1CC1. The van der Waals surface area contributed by atoms with Gasteiger partial charge in [0.2, 0.25) is 0 Å². The molecule has 0 unspecified atom stereocenters. The summed E-state index contributed by atoms with van der Waals surface area (Å²) in [7, 11) is 0. The van der Waals surface area contributed by atoms with Crippen molar-refractivity contribution in [3.63, 3.8) is 0 Å². The molecule has 1 aromatic heterocycles. The van der Waals surface area contributed by atoms with Gasteiger partial charge < -0.3 is 0 Å². The molecule has 1 aromatic carbocycles. The third-order valence-electron chi connectivity index (χ3n) is 3.15. The summed E-state index contributed by atoms with van der Waals surface area (Å²) in [6.07, 6.45) is 2.34. The lowest BCUT2D eigenvalue weighted by Crippen LogP contribution is -2.06. The Bertz CT molecular complexity index is 623. The molecule has 0 bridgehead atoms. The van der Waals surface area contributed by atoms with Gasteiger partial charge in [0.25, 0.3) is 5.56 Å². The van der Waals surface area contributed by atoms with Gasteiger partial charge in [-0.25, -0.2) is 0 Å². The fourth-order valence-electron chi connectivity index (χ4n) is 2.15. The molecule has 88 valence electrons. The average Bonchev–Trinajstić information content (AvgIpc) is 3.03. The predicted molar refractivity (Wildman–Crippen MR) is 68.1 cm³/mol. The van der Waals surface area contributed by atoms with Crippen LogP contribution in [-0.2, 0) is 0 Å². The zero-order valence-electron chi connectivity index (χ0n) is 9.53. The second-order valence-electron chi connectivity index (χ2n) is 4.59. The molecule has 3 nitrogen and oxygen atoms in total. The summed E-state index contributed by atoms with van der Waals surface area (Å²) in [5.74, 6) is 0.532. The zero-order chi connectivity index (χ0) is 12.0. The van der Waals surface area contributed by atoms with Crippen LogP contribution >= 0.6 is 11.6 Å². The Labute approximate surface area is 104 Å². The number of H-pyrrole nitrogens is 1. The van der Waals surface area contributed by atoms with E-state index in [1.54, 1.807) is 6.07 Å². The monoisotopic (exact) mass is 248 g/mol. The first-order valence-electron chi connectivity index (χ1n) is 5.73. The Morgan fingerprint density at radius 2 is 2.12 bits per heavy atom. The summed E-state index contributed by atoms with van der Waals surface area (Å²) < 4.78 is 1.89. The van der Waals surface area contributed by atoms with E-state index in [1.807, 2.05) is 29.8 Å². The van der Waals surface area contributed by atoms with Crippen LogP contribution in [0.2, 0.25) is 5.02 Å². The third kappa shape index (κ3) is 1.91. The number of aryl methyl sites for hydroxylation is 1. The van der Waals surface area contributed by atoms with Crippen LogP contribution in [0.5, 0.6) is 0 Å². The third-order valence-corrected chi connectivity index (χ3v) is 3.39. The van der Waals surface area contributed by atoms with Crippen molar-refractivity contribution in [3.8, 4) is 5.69 Å². The lowest BCUT2D eigenvalue weighted by Gasteiger charge is -2.10. The van der Waals surface area contributed by atoms with E-state index < -0.39 is 0 Å². The summed E-state index contributed by atoms with van der Waals surface area (Å²) in [6, 6.07) is 7.40. The Balaban J connectivity index is 2.17. The van der Waals surface area contributed by atoms with Gasteiger partial charge in [0.1, 0.15) is 0 Å². The van der Waals surface area contributed by atoms with Crippen LogP contribution < -0.4 is 5.56 Å². The number of halogens is 1. The van der Waals surface area contributed by atoms with Crippen LogP contribution in [0.15, 0.2) is 29.1 Å². The first kappa shape index (κ1) is 10.7. The number of aromatic amines is 1. The quantitative estimate of drug-likeness (QED) is 0.872. The average molecular weight is 249 g/mol. The molecule has 1 N–H and O–H groups in total. The van der Waals surface area contributed by atoms with Crippen molar-refractivity contribution in [1.29, 1.82) is 0 Å². The van der Waals surface area contributed by atoms with Gasteiger partial charge in [-0.05, 0) is 43.5 Å². The van der Waals surface area contributed by atoms with Crippen LogP contribution in [0.1, 0.15) is 30.0 Å². The van der Waals surface area contributed by atoms with Crippen molar-refractivity contribution in [2.75, 3.05) is 0 Å². The molecule has 0 radical (unpaired) electrons. The fourth-order valence-corrected chi connectivity index (χ4v) is 2.38. The first-order chi connectivity index (χ1) is 8.15. The van der Waals surface area contributed by atoms with E-state index in [1.165, 1.54) is 12.8 Å². The van der Waals surface area contributed by atoms with E-state index in [9.17, 15) is 4.79 Å². The van der Waals surface area contributed by atoms with Crippen molar-refractivity contribution in [1.82, 2.24) is 9.78 Å². The highest BCUT2D eigenvalue weighted by atomic mass is 35.5. The summed E-state index contributed by atoms with van der Waals surface area (Å²) in [5, 5.41) is 3.58. The second-order valence-corrected chi connectivity index (χ2v) is 5.02. The van der Waals surface area contributed by atoms with Gasteiger partial charge in [-0.2, -0.15) is 0 Å². The lowest BCUT2D eigenvalue weighted by atomic mass is 10.2. The smallest absolute Gasteiger partial charge is 0.264 e. The number of rotatable bonds is 2. The summed E-state index contributed by atoms with van der Waals surface area (Å²) >= 11 is 5.94. The number of nitrogens with zero attached hydrogens (tertiary/aromatic N) is 1. The van der Waals surface area contributed by atoms with Gasteiger partial charge in [0.05, 0.1) is 5.69 Å². The van der Waals surface area contributed by atoms with Gasteiger partial charge in [0.15, 0.2) is 0 Å². The van der Waals surface area contributed by atoms with Gasteiger partial charge in [0, 0.05) is 22.7 Å². The van der Waals surface area contributed by atoms with Crippen LogP contribution in [-0.4, -0.2) is 9.78 Å². The molecule has 2 aromatic rings. The molecule has 1 aliphatic carbocycles. The molecular weight excluding hydrogens is 236 g/mol. The Morgan fingerprint density at radius 3 is 2.76 bits per heavy atom. The predicted octanol–water partition coefficient (Wildman–Crippen LogP) is 3.00. The van der Waals surface area contributed by atoms with Gasteiger partial charge >= 0.3 is 0 Å². The molecule has 1 fully saturated rings.